The summed E-state index contributed by atoms with van der Waals surface area (Å²) in [4.78, 5) is 33.0. The summed E-state index contributed by atoms with van der Waals surface area (Å²) >= 11 is 0. The normalized spacial score (nSPS) is 19.0. The van der Waals surface area contributed by atoms with Crippen LogP contribution in [0.2, 0.25) is 0 Å². The Morgan fingerprint density at radius 3 is 2.48 bits per heavy atom. The molecule has 42 heavy (non-hydrogen) atoms. The Bertz CT molecular complexity index is 1700. The Morgan fingerprint density at radius 2 is 1.76 bits per heavy atom. The van der Waals surface area contributed by atoms with E-state index in [2.05, 4.69) is 31.7 Å². The fourth-order valence-electron chi connectivity index (χ4n) is 5.99. The smallest absolute Gasteiger partial charge is 0.246 e. The first-order valence-electron chi connectivity index (χ1n) is 14.2. The Balaban J connectivity index is 1.14. The summed E-state index contributed by atoms with van der Waals surface area (Å²) in [6.07, 6.45) is 9.26. The quantitative estimate of drug-likeness (QED) is 0.333. The van der Waals surface area contributed by atoms with Crippen molar-refractivity contribution >= 4 is 38.4 Å². The Labute approximate surface area is 244 Å². The van der Waals surface area contributed by atoms with Crippen LogP contribution in [0.25, 0.3) is 22.2 Å². The van der Waals surface area contributed by atoms with Crippen molar-refractivity contribution in [2.75, 3.05) is 55.3 Å². The van der Waals surface area contributed by atoms with E-state index >= 15 is 0 Å². The van der Waals surface area contributed by atoms with Crippen LogP contribution in [-0.4, -0.2) is 95.6 Å². The molecule has 4 aromatic rings. The van der Waals surface area contributed by atoms with Crippen molar-refractivity contribution in [3.05, 3.63) is 67.0 Å². The topological polar surface area (TPSA) is 105 Å². The molecule has 0 N–H and O–H groups in total. The van der Waals surface area contributed by atoms with Gasteiger partial charge in [-0.15, -0.1) is 0 Å². The predicted molar refractivity (Wildman–Crippen MR) is 161 cm³/mol. The number of hydrogen-bond acceptors (Lipinski definition) is 9. The average molecular weight is 592 g/mol. The highest BCUT2D eigenvalue weighted by Crippen LogP contribution is 2.33. The lowest BCUT2D eigenvalue weighted by Crippen LogP contribution is -2.53. The van der Waals surface area contributed by atoms with Gasteiger partial charge in [-0.1, -0.05) is 0 Å². The van der Waals surface area contributed by atoms with E-state index in [1.165, 1.54) is 18.4 Å². The van der Waals surface area contributed by atoms with Crippen molar-refractivity contribution in [3.63, 3.8) is 0 Å². The number of benzene rings is 1. The molecule has 2 aliphatic rings. The first kappa shape index (κ1) is 28.2. The number of pyridine rings is 1. The molecular weight excluding hydrogens is 557 g/mol. The van der Waals surface area contributed by atoms with Gasteiger partial charge in [-0.25, -0.2) is 27.8 Å². The van der Waals surface area contributed by atoms with Crippen LogP contribution < -0.4 is 9.80 Å². The van der Waals surface area contributed by atoms with E-state index in [1.807, 2.05) is 23.1 Å². The minimum Gasteiger partial charge on any atom is -0.368 e. The van der Waals surface area contributed by atoms with Gasteiger partial charge in [-0.3, -0.25) is 14.3 Å². The molecule has 0 radical (unpaired) electrons. The average Bonchev–Trinajstić information content (AvgIpc) is 3.42. The van der Waals surface area contributed by atoms with E-state index in [9.17, 15) is 17.6 Å². The van der Waals surface area contributed by atoms with Gasteiger partial charge in [0.1, 0.15) is 21.3 Å². The van der Waals surface area contributed by atoms with Gasteiger partial charge >= 0.3 is 0 Å². The van der Waals surface area contributed by atoms with Crippen molar-refractivity contribution in [1.29, 1.82) is 0 Å². The monoisotopic (exact) mass is 591 g/mol. The third kappa shape index (κ3) is 5.73. The molecule has 10 nitrogen and oxygen atoms in total. The van der Waals surface area contributed by atoms with Gasteiger partial charge in [0.05, 0.1) is 11.8 Å². The van der Waals surface area contributed by atoms with Crippen molar-refractivity contribution in [3.8, 4) is 11.1 Å². The molecule has 12 heteroatoms. The zero-order valence-electron chi connectivity index (χ0n) is 23.7. The van der Waals surface area contributed by atoms with E-state index in [0.717, 1.165) is 11.1 Å². The minimum absolute atomic E-state index is 0.0238. The Hall–Kier alpha value is -3.90. The molecule has 1 atom stereocenters. The molecule has 0 spiro atoms. The summed E-state index contributed by atoms with van der Waals surface area (Å²) in [5.74, 6) is 0.177. The number of piperazine rings is 1. The summed E-state index contributed by atoms with van der Waals surface area (Å²) in [5, 5.41) is 0.607. The maximum Gasteiger partial charge on any atom is 0.246 e. The van der Waals surface area contributed by atoms with Crippen LogP contribution in [0.5, 0.6) is 0 Å². The predicted octanol–water partition coefficient (Wildman–Crippen LogP) is 3.50. The van der Waals surface area contributed by atoms with E-state index in [0.29, 0.717) is 68.3 Å². The molecule has 2 fully saturated rings. The van der Waals surface area contributed by atoms with Crippen molar-refractivity contribution in [1.82, 2.24) is 24.4 Å². The molecule has 3 aromatic heterocycles. The number of fused-ring (bicyclic) bond motifs is 1. The number of nitrogens with zero attached hydrogens (tertiary/aromatic N) is 7. The van der Waals surface area contributed by atoms with Gasteiger partial charge < -0.3 is 9.80 Å². The van der Waals surface area contributed by atoms with Crippen LogP contribution in [0, 0.1) is 5.82 Å². The Kier molecular flexibility index (Phi) is 7.67. The number of piperidine rings is 1. The zero-order chi connectivity index (χ0) is 29.4. The highest BCUT2D eigenvalue weighted by Gasteiger charge is 2.29. The van der Waals surface area contributed by atoms with Crippen molar-refractivity contribution in [2.24, 2.45) is 0 Å². The summed E-state index contributed by atoms with van der Waals surface area (Å²) < 4.78 is 39.9. The summed E-state index contributed by atoms with van der Waals surface area (Å²) in [6.45, 7) is 5.55. The molecule has 1 unspecified atom stereocenters. The zero-order valence-corrected chi connectivity index (χ0v) is 24.5. The summed E-state index contributed by atoms with van der Waals surface area (Å²) in [6, 6.07) is 10.5. The SMILES string of the molecule is CC1CN(c2ccc(F)cc2-c2cnc(N3CCC(S(C)(=O)=O)CC3)nc2)CCN1CC(=O)n1ccc2cccnc21. The van der Waals surface area contributed by atoms with Crippen molar-refractivity contribution < 1.29 is 17.6 Å². The summed E-state index contributed by atoms with van der Waals surface area (Å²) in [5.41, 5.74) is 2.96. The van der Waals surface area contributed by atoms with Gasteiger partial charge in [0, 0.05) is 92.0 Å². The number of carbonyl (C=O) groups is 1. The van der Waals surface area contributed by atoms with Crippen LogP contribution in [0.3, 0.4) is 0 Å². The van der Waals surface area contributed by atoms with Crippen LogP contribution in [-0.2, 0) is 9.84 Å². The molecule has 2 aliphatic heterocycles. The third-order valence-electron chi connectivity index (χ3n) is 8.40. The number of hydrogen-bond donors (Lipinski definition) is 0. The lowest BCUT2D eigenvalue weighted by molar-refractivity contribution is 0.0809. The number of halogens is 1. The fraction of sp³-hybridized carbons (Fsp3) is 0.400. The van der Waals surface area contributed by atoms with E-state index < -0.39 is 9.84 Å². The molecule has 2 saturated heterocycles. The number of anilines is 2. The van der Waals surface area contributed by atoms with E-state index in [1.54, 1.807) is 35.4 Å². The maximum atomic E-state index is 14.5. The Morgan fingerprint density at radius 1 is 1.00 bits per heavy atom. The molecule has 0 amide bonds. The molecule has 6 rings (SSSR count). The van der Waals surface area contributed by atoms with Gasteiger partial charge in [-0.05, 0) is 56.2 Å². The molecule has 1 aromatic carbocycles. The number of sulfone groups is 1. The molecule has 220 valence electrons. The highest BCUT2D eigenvalue weighted by atomic mass is 32.2. The lowest BCUT2D eigenvalue weighted by atomic mass is 10.0. The third-order valence-corrected chi connectivity index (χ3v) is 10.1. The number of carbonyl (C=O) groups excluding carboxylic acids is 1. The lowest BCUT2D eigenvalue weighted by Gasteiger charge is -2.41. The number of aromatic nitrogens is 4. The van der Waals surface area contributed by atoms with E-state index in [-0.39, 0.29) is 29.6 Å². The first-order chi connectivity index (χ1) is 20.2. The second-order valence-electron chi connectivity index (χ2n) is 11.2. The van der Waals surface area contributed by atoms with Crippen LogP contribution in [0.15, 0.2) is 61.2 Å². The summed E-state index contributed by atoms with van der Waals surface area (Å²) in [7, 11) is -3.06. The van der Waals surface area contributed by atoms with Crippen LogP contribution >= 0.6 is 0 Å². The largest absolute Gasteiger partial charge is 0.368 e. The molecular formula is C30H34FN7O3S. The van der Waals surface area contributed by atoms with Crippen LogP contribution in [0.1, 0.15) is 24.6 Å². The van der Waals surface area contributed by atoms with E-state index in [4.69, 9.17) is 0 Å². The maximum absolute atomic E-state index is 14.5. The fourth-order valence-corrected chi connectivity index (χ4v) is 7.06. The van der Waals surface area contributed by atoms with Gasteiger partial charge in [0.25, 0.3) is 0 Å². The van der Waals surface area contributed by atoms with Gasteiger partial charge in [0.15, 0.2) is 0 Å². The van der Waals surface area contributed by atoms with Crippen LogP contribution in [0.4, 0.5) is 16.0 Å². The second kappa shape index (κ2) is 11.4. The molecule has 0 bridgehead atoms. The molecule has 5 heterocycles. The van der Waals surface area contributed by atoms with Gasteiger partial charge in [-0.2, -0.15) is 0 Å². The molecule has 0 aliphatic carbocycles. The van der Waals surface area contributed by atoms with Gasteiger partial charge in [0.2, 0.25) is 11.9 Å². The molecule has 0 saturated carbocycles. The van der Waals surface area contributed by atoms with Crippen molar-refractivity contribution in [2.45, 2.75) is 31.1 Å². The number of rotatable bonds is 6. The highest BCUT2D eigenvalue weighted by molar-refractivity contribution is 7.91. The first-order valence-corrected chi connectivity index (χ1v) is 16.1. The standard InChI is InChI=1S/C30H34FN7O3S/c1-21-19-37(15-14-36(21)20-28(39)38-13-7-22-4-3-10-32-29(22)38)27-6-5-24(31)16-26(27)23-17-33-30(34-18-23)35-11-8-25(9-12-35)42(2,40)41/h3-7,10,13,16-18,21,25H,8-9,11-12,14-15,19-20H2,1-2H3. The minimum atomic E-state index is -3.06. The second-order valence-corrected chi connectivity index (χ2v) is 13.5.